The second-order valence-corrected chi connectivity index (χ2v) is 6.88. The molecule has 4 nitrogen and oxygen atoms in total. The number of nitrogens with one attached hydrogen (secondary N) is 1. The summed E-state index contributed by atoms with van der Waals surface area (Å²) < 4.78 is 22.9. The summed E-state index contributed by atoms with van der Waals surface area (Å²) in [6, 6.07) is 7.12. The summed E-state index contributed by atoms with van der Waals surface area (Å²) in [5, 5.41) is 1.00. The molecule has 0 radical (unpaired) electrons. The number of aromatic amines is 1. The molecule has 1 aromatic heterocycles. The maximum absolute atomic E-state index is 11.5. The molecule has 0 bridgehead atoms. The topological polar surface area (TPSA) is 75.9 Å². The summed E-state index contributed by atoms with van der Waals surface area (Å²) in [7, 11) is -3.16. The minimum Gasteiger partial charge on any atom is -0.357 e. The highest BCUT2D eigenvalue weighted by Gasteiger charge is 2.41. The molecule has 0 saturated heterocycles. The van der Waals surface area contributed by atoms with Crippen molar-refractivity contribution in [2.45, 2.75) is 23.3 Å². The van der Waals surface area contributed by atoms with Gasteiger partial charge in [0.1, 0.15) is 0 Å². The van der Waals surface area contributed by atoms with E-state index in [1.807, 2.05) is 12.1 Å². The van der Waals surface area contributed by atoms with E-state index < -0.39 is 9.84 Å². The van der Waals surface area contributed by atoms with Gasteiger partial charge >= 0.3 is 0 Å². The SMILES string of the molecule is CS(=O)(=O)c1ccc2cc(C3(N)CC3)[nH]c2c1. The fourth-order valence-electron chi connectivity index (χ4n) is 2.01. The highest BCUT2D eigenvalue weighted by molar-refractivity contribution is 7.90. The lowest BCUT2D eigenvalue weighted by Gasteiger charge is -2.03. The zero-order valence-electron chi connectivity index (χ0n) is 9.53. The average Bonchev–Trinajstić information content (AvgIpc) is 2.85. The van der Waals surface area contributed by atoms with Crippen molar-refractivity contribution in [2.75, 3.05) is 6.26 Å². The molecule has 1 fully saturated rings. The number of hydrogen-bond acceptors (Lipinski definition) is 3. The van der Waals surface area contributed by atoms with E-state index in [1.54, 1.807) is 12.1 Å². The third-order valence-electron chi connectivity index (χ3n) is 3.35. The van der Waals surface area contributed by atoms with Crippen LogP contribution in [0.2, 0.25) is 0 Å². The van der Waals surface area contributed by atoms with Gasteiger partial charge in [-0.25, -0.2) is 8.42 Å². The van der Waals surface area contributed by atoms with Crippen molar-refractivity contribution in [1.82, 2.24) is 4.98 Å². The van der Waals surface area contributed by atoms with Crippen LogP contribution in [-0.4, -0.2) is 19.7 Å². The van der Waals surface area contributed by atoms with Crippen LogP contribution in [0.5, 0.6) is 0 Å². The van der Waals surface area contributed by atoms with E-state index in [0.29, 0.717) is 4.90 Å². The van der Waals surface area contributed by atoms with Crippen LogP contribution in [0.4, 0.5) is 0 Å². The Labute approximate surface area is 99.7 Å². The van der Waals surface area contributed by atoms with Crippen LogP contribution < -0.4 is 5.73 Å². The number of sulfone groups is 1. The van der Waals surface area contributed by atoms with Gasteiger partial charge < -0.3 is 10.7 Å². The number of benzene rings is 1. The molecule has 1 aliphatic carbocycles. The van der Waals surface area contributed by atoms with Crippen LogP contribution in [-0.2, 0) is 15.4 Å². The molecule has 0 amide bonds. The summed E-state index contributed by atoms with van der Waals surface area (Å²) in [6.45, 7) is 0. The molecule has 0 atom stereocenters. The number of fused-ring (bicyclic) bond motifs is 1. The molecule has 1 saturated carbocycles. The lowest BCUT2D eigenvalue weighted by atomic mass is 10.2. The molecule has 1 aliphatic rings. The first-order valence-electron chi connectivity index (χ1n) is 5.51. The van der Waals surface area contributed by atoms with Crippen LogP contribution >= 0.6 is 0 Å². The van der Waals surface area contributed by atoms with Crippen LogP contribution in [0.15, 0.2) is 29.2 Å². The number of rotatable bonds is 2. The molecule has 1 aromatic carbocycles. The Balaban J connectivity index is 2.17. The van der Waals surface area contributed by atoms with Gasteiger partial charge in [0.15, 0.2) is 9.84 Å². The predicted octanol–water partition coefficient (Wildman–Crippen LogP) is 1.52. The minimum absolute atomic E-state index is 0.218. The fraction of sp³-hybridized carbons (Fsp3) is 0.333. The van der Waals surface area contributed by atoms with Gasteiger partial charge in [0.25, 0.3) is 0 Å². The summed E-state index contributed by atoms with van der Waals surface area (Å²) in [5.74, 6) is 0. The number of aromatic nitrogens is 1. The first kappa shape index (κ1) is 10.8. The smallest absolute Gasteiger partial charge is 0.175 e. The Bertz CT molecular complexity index is 696. The molecular formula is C12H14N2O2S. The lowest BCUT2D eigenvalue weighted by Crippen LogP contribution is -2.18. The van der Waals surface area contributed by atoms with Crippen molar-refractivity contribution >= 4 is 20.7 Å². The van der Waals surface area contributed by atoms with Gasteiger partial charge in [-0.3, -0.25) is 0 Å². The third-order valence-corrected chi connectivity index (χ3v) is 4.46. The standard InChI is InChI=1S/C12H14N2O2S/c1-17(15,16)9-3-2-8-6-11(12(13)4-5-12)14-10(8)7-9/h2-3,6-7,14H,4-5,13H2,1H3. The van der Waals surface area contributed by atoms with Gasteiger partial charge in [0.2, 0.25) is 0 Å². The second kappa shape index (κ2) is 3.11. The van der Waals surface area contributed by atoms with Crippen LogP contribution in [0, 0.1) is 0 Å². The molecule has 2 aromatic rings. The monoisotopic (exact) mass is 250 g/mol. The average molecular weight is 250 g/mol. The van der Waals surface area contributed by atoms with Crippen molar-refractivity contribution < 1.29 is 8.42 Å². The third kappa shape index (κ3) is 1.75. The van der Waals surface area contributed by atoms with E-state index in [1.165, 1.54) is 6.26 Å². The van der Waals surface area contributed by atoms with E-state index >= 15 is 0 Å². The number of nitrogens with two attached hydrogens (primary N) is 1. The van der Waals surface area contributed by atoms with Gasteiger partial charge in [-0.15, -0.1) is 0 Å². The Kier molecular flexibility index (Phi) is 1.98. The van der Waals surface area contributed by atoms with E-state index in [9.17, 15) is 8.42 Å². The Hall–Kier alpha value is -1.33. The molecule has 3 rings (SSSR count). The summed E-state index contributed by atoms with van der Waals surface area (Å²) in [5.41, 5.74) is 7.72. The van der Waals surface area contributed by atoms with Crippen molar-refractivity contribution in [2.24, 2.45) is 5.73 Å². The van der Waals surface area contributed by atoms with E-state index in [-0.39, 0.29) is 5.54 Å². The van der Waals surface area contributed by atoms with Crippen LogP contribution in [0.3, 0.4) is 0 Å². The highest BCUT2D eigenvalue weighted by atomic mass is 32.2. The van der Waals surface area contributed by atoms with Gasteiger partial charge in [-0.2, -0.15) is 0 Å². The summed E-state index contributed by atoms with van der Waals surface area (Å²) >= 11 is 0. The van der Waals surface area contributed by atoms with Crippen molar-refractivity contribution in [3.8, 4) is 0 Å². The fourth-order valence-corrected chi connectivity index (χ4v) is 2.66. The molecule has 3 N–H and O–H groups in total. The Morgan fingerprint density at radius 1 is 1.29 bits per heavy atom. The summed E-state index contributed by atoms with van der Waals surface area (Å²) in [4.78, 5) is 3.55. The summed E-state index contributed by atoms with van der Waals surface area (Å²) in [6.07, 6.45) is 3.18. The maximum Gasteiger partial charge on any atom is 0.175 e. The lowest BCUT2D eigenvalue weighted by molar-refractivity contribution is 0.602. The zero-order valence-corrected chi connectivity index (χ0v) is 10.3. The minimum atomic E-state index is -3.16. The predicted molar refractivity (Wildman–Crippen MR) is 66.5 cm³/mol. The van der Waals surface area contributed by atoms with Gasteiger partial charge in [0.05, 0.1) is 10.4 Å². The van der Waals surface area contributed by atoms with E-state index in [2.05, 4.69) is 4.98 Å². The molecule has 5 heteroatoms. The maximum atomic E-state index is 11.5. The van der Waals surface area contributed by atoms with Gasteiger partial charge in [-0.05, 0) is 36.4 Å². The Morgan fingerprint density at radius 2 is 2.00 bits per heavy atom. The molecule has 0 unspecified atom stereocenters. The molecule has 1 heterocycles. The number of H-pyrrole nitrogens is 1. The Morgan fingerprint density at radius 3 is 2.59 bits per heavy atom. The normalized spacial score (nSPS) is 18.5. The first-order valence-corrected chi connectivity index (χ1v) is 7.40. The molecule has 0 aliphatic heterocycles. The van der Waals surface area contributed by atoms with Gasteiger partial charge in [0, 0.05) is 17.5 Å². The quantitative estimate of drug-likeness (QED) is 0.848. The van der Waals surface area contributed by atoms with Crippen LogP contribution in [0.25, 0.3) is 10.9 Å². The molecule has 0 spiro atoms. The molecule has 17 heavy (non-hydrogen) atoms. The highest BCUT2D eigenvalue weighted by Crippen LogP contribution is 2.43. The van der Waals surface area contributed by atoms with Crippen molar-refractivity contribution in [3.05, 3.63) is 30.0 Å². The number of hydrogen-bond donors (Lipinski definition) is 2. The molecular weight excluding hydrogens is 236 g/mol. The van der Waals surface area contributed by atoms with E-state index in [0.717, 1.165) is 29.4 Å². The zero-order chi connectivity index (χ0) is 12.3. The molecule has 90 valence electrons. The van der Waals surface area contributed by atoms with E-state index in [4.69, 9.17) is 5.73 Å². The van der Waals surface area contributed by atoms with Crippen molar-refractivity contribution in [3.63, 3.8) is 0 Å². The largest absolute Gasteiger partial charge is 0.357 e. The van der Waals surface area contributed by atoms with Crippen molar-refractivity contribution in [1.29, 1.82) is 0 Å². The first-order chi connectivity index (χ1) is 7.88. The van der Waals surface area contributed by atoms with Gasteiger partial charge in [-0.1, -0.05) is 6.07 Å². The second-order valence-electron chi connectivity index (χ2n) is 4.86. The van der Waals surface area contributed by atoms with Crippen LogP contribution in [0.1, 0.15) is 18.5 Å².